The van der Waals surface area contributed by atoms with E-state index in [2.05, 4.69) is 0 Å². The fraction of sp³-hybridized carbons (Fsp3) is 0.400. The summed E-state index contributed by atoms with van der Waals surface area (Å²) < 4.78 is 5.02. The maximum absolute atomic E-state index is 8.73. The van der Waals surface area contributed by atoms with Gasteiger partial charge < -0.3 is 15.6 Å². The number of rotatable bonds is 4. The Hall–Kier alpha value is -0.770. The van der Waals surface area contributed by atoms with Crippen LogP contribution in [0.2, 0.25) is 5.02 Å². The number of benzene rings is 1. The third-order valence-electron chi connectivity index (χ3n) is 2.04. The van der Waals surface area contributed by atoms with Crippen molar-refractivity contribution in [3.8, 4) is 5.75 Å². The molecule has 0 saturated carbocycles. The Bertz CT molecular complexity index is 304. The third kappa shape index (κ3) is 2.61. The van der Waals surface area contributed by atoms with Gasteiger partial charge in [-0.05, 0) is 24.1 Å². The van der Waals surface area contributed by atoms with E-state index in [9.17, 15) is 0 Å². The van der Waals surface area contributed by atoms with E-state index in [-0.39, 0.29) is 12.6 Å². The first-order chi connectivity index (χ1) is 6.69. The van der Waals surface area contributed by atoms with Gasteiger partial charge in [0.1, 0.15) is 5.75 Å². The Kier molecular flexibility index (Phi) is 4.20. The molecule has 0 amide bonds. The Labute approximate surface area is 88.4 Å². The van der Waals surface area contributed by atoms with E-state index < -0.39 is 0 Å². The number of aliphatic hydroxyl groups is 1. The lowest BCUT2D eigenvalue weighted by Gasteiger charge is -2.11. The van der Waals surface area contributed by atoms with Crippen molar-refractivity contribution in [1.82, 2.24) is 0 Å². The maximum atomic E-state index is 8.73. The van der Waals surface area contributed by atoms with Gasteiger partial charge in [0, 0.05) is 12.6 Å². The van der Waals surface area contributed by atoms with Crippen molar-refractivity contribution in [2.45, 2.75) is 12.5 Å². The van der Waals surface area contributed by atoms with Crippen molar-refractivity contribution in [3.05, 3.63) is 28.8 Å². The average Bonchev–Trinajstić information content (AvgIpc) is 2.18. The number of aliphatic hydroxyl groups excluding tert-OH is 1. The van der Waals surface area contributed by atoms with Crippen molar-refractivity contribution in [1.29, 1.82) is 0 Å². The van der Waals surface area contributed by atoms with Gasteiger partial charge in [-0.2, -0.15) is 0 Å². The largest absolute Gasteiger partial charge is 0.495 e. The van der Waals surface area contributed by atoms with E-state index in [1.54, 1.807) is 19.2 Å². The molecule has 1 aromatic rings. The maximum Gasteiger partial charge on any atom is 0.137 e. The molecular weight excluding hydrogens is 202 g/mol. The molecule has 1 atom stereocenters. The number of methoxy groups -OCH3 is 1. The Morgan fingerprint density at radius 1 is 1.57 bits per heavy atom. The van der Waals surface area contributed by atoms with Gasteiger partial charge in [-0.25, -0.2) is 0 Å². The van der Waals surface area contributed by atoms with Crippen molar-refractivity contribution in [2.75, 3.05) is 13.7 Å². The molecule has 0 unspecified atom stereocenters. The van der Waals surface area contributed by atoms with Crippen molar-refractivity contribution in [3.63, 3.8) is 0 Å². The fourth-order valence-electron chi connectivity index (χ4n) is 1.22. The Balaban J connectivity index is 2.85. The summed E-state index contributed by atoms with van der Waals surface area (Å²) in [6, 6.07) is 5.21. The molecule has 0 fully saturated rings. The predicted octanol–water partition coefficient (Wildman–Crippen LogP) is 1.73. The first-order valence-corrected chi connectivity index (χ1v) is 4.76. The molecule has 0 aliphatic rings. The van der Waals surface area contributed by atoms with Gasteiger partial charge in [-0.15, -0.1) is 0 Å². The number of ether oxygens (including phenoxy) is 1. The zero-order chi connectivity index (χ0) is 10.6. The van der Waals surface area contributed by atoms with E-state index in [4.69, 9.17) is 27.2 Å². The van der Waals surface area contributed by atoms with Crippen LogP contribution in [0.5, 0.6) is 5.75 Å². The lowest BCUT2D eigenvalue weighted by atomic mass is 10.1. The van der Waals surface area contributed by atoms with E-state index >= 15 is 0 Å². The summed E-state index contributed by atoms with van der Waals surface area (Å²) in [4.78, 5) is 0. The number of hydrogen-bond acceptors (Lipinski definition) is 3. The molecule has 3 N–H and O–H groups in total. The molecule has 0 radical (unpaired) electrons. The van der Waals surface area contributed by atoms with Gasteiger partial charge in [-0.3, -0.25) is 0 Å². The molecule has 0 saturated heterocycles. The molecule has 1 rings (SSSR count). The van der Waals surface area contributed by atoms with Gasteiger partial charge in [0.2, 0.25) is 0 Å². The van der Waals surface area contributed by atoms with Gasteiger partial charge in [0.05, 0.1) is 12.1 Å². The molecule has 4 heteroatoms. The highest BCUT2D eigenvalue weighted by molar-refractivity contribution is 6.32. The lowest BCUT2D eigenvalue weighted by molar-refractivity contribution is 0.276. The first-order valence-electron chi connectivity index (χ1n) is 4.39. The van der Waals surface area contributed by atoms with Crippen molar-refractivity contribution < 1.29 is 9.84 Å². The lowest BCUT2D eigenvalue weighted by Crippen LogP contribution is -2.11. The standard InChI is InChI=1S/C10H14ClNO2/c1-14-10-3-2-7(6-8(10)11)9(12)4-5-13/h2-3,6,9,13H,4-5,12H2,1H3/t9-/m0/s1. The number of halogens is 1. The van der Waals surface area contributed by atoms with E-state index in [1.165, 1.54) is 0 Å². The summed E-state index contributed by atoms with van der Waals surface area (Å²) in [6.07, 6.45) is 0.530. The minimum atomic E-state index is -0.177. The molecule has 78 valence electrons. The van der Waals surface area contributed by atoms with Crippen LogP contribution in [0.25, 0.3) is 0 Å². The van der Waals surface area contributed by atoms with Gasteiger partial charge in [-0.1, -0.05) is 17.7 Å². The Morgan fingerprint density at radius 3 is 2.79 bits per heavy atom. The van der Waals surface area contributed by atoms with Crippen LogP contribution in [-0.4, -0.2) is 18.8 Å². The van der Waals surface area contributed by atoms with Crippen LogP contribution in [0.1, 0.15) is 18.0 Å². The normalized spacial score (nSPS) is 12.6. The molecule has 0 heterocycles. The number of hydrogen-bond donors (Lipinski definition) is 2. The third-order valence-corrected chi connectivity index (χ3v) is 2.34. The van der Waals surface area contributed by atoms with Crippen LogP contribution < -0.4 is 10.5 Å². The van der Waals surface area contributed by atoms with E-state index in [1.807, 2.05) is 6.07 Å². The van der Waals surface area contributed by atoms with Crippen LogP contribution in [0.15, 0.2) is 18.2 Å². The van der Waals surface area contributed by atoms with Crippen LogP contribution in [0.3, 0.4) is 0 Å². The second kappa shape index (κ2) is 5.20. The van der Waals surface area contributed by atoms with Gasteiger partial charge >= 0.3 is 0 Å². The first kappa shape index (κ1) is 11.3. The zero-order valence-corrected chi connectivity index (χ0v) is 8.79. The van der Waals surface area contributed by atoms with Crippen LogP contribution in [-0.2, 0) is 0 Å². The SMILES string of the molecule is COc1ccc([C@@H](N)CCO)cc1Cl. The molecular formula is C10H14ClNO2. The molecule has 1 aromatic carbocycles. The second-order valence-electron chi connectivity index (χ2n) is 3.01. The monoisotopic (exact) mass is 215 g/mol. The highest BCUT2D eigenvalue weighted by Crippen LogP contribution is 2.27. The molecule has 0 aliphatic heterocycles. The van der Waals surface area contributed by atoms with E-state index in [0.29, 0.717) is 17.2 Å². The highest BCUT2D eigenvalue weighted by atomic mass is 35.5. The minimum Gasteiger partial charge on any atom is -0.495 e. The number of nitrogens with two attached hydrogens (primary N) is 1. The molecule has 0 bridgehead atoms. The quantitative estimate of drug-likeness (QED) is 0.805. The second-order valence-corrected chi connectivity index (χ2v) is 3.42. The summed E-state index contributed by atoms with van der Waals surface area (Å²) in [5.41, 5.74) is 6.71. The average molecular weight is 216 g/mol. The van der Waals surface area contributed by atoms with Crippen molar-refractivity contribution >= 4 is 11.6 Å². The highest BCUT2D eigenvalue weighted by Gasteiger charge is 2.08. The summed E-state index contributed by atoms with van der Waals surface area (Å²) in [5, 5.41) is 9.27. The van der Waals surface area contributed by atoms with Crippen LogP contribution in [0, 0.1) is 0 Å². The molecule has 14 heavy (non-hydrogen) atoms. The Morgan fingerprint density at radius 2 is 2.29 bits per heavy atom. The van der Waals surface area contributed by atoms with Crippen LogP contribution in [0.4, 0.5) is 0 Å². The molecule has 3 nitrogen and oxygen atoms in total. The fourth-order valence-corrected chi connectivity index (χ4v) is 1.49. The molecule has 0 aliphatic carbocycles. The summed E-state index contributed by atoms with van der Waals surface area (Å²) in [5.74, 6) is 0.631. The zero-order valence-electron chi connectivity index (χ0n) is 8.03. The smallest absolute Gasteiger partial charge is 0.137 e. The van der Waals surface area contributed by atoms with Gasteiger partial charge in [0.25, 0.3) is 0 Å². The predicted molar refractivity (Wildman–Crippen MR) is 56.6 cm³/mol. The summed E-state index contributed by atoms with van der Waals surface area (Å²) >= 11 is 5.93. The minimum absolute atomic E-state index is 0.0742. The van der Waals surface area contributed by atoms with Crippen LogP contribution >= 0.6 is 11.6 Å². The topological polar surface area (TPSA) is 55.5 Å². The molecule has 0 spiro atoms. The summed E-state index contributed by atoms with van der Waals surface area (Å²) in [7, 11) is 1.56. The van der Waals surface area contributed by atoms with Gasteiger partial charge in [0.15, 0.2) is 0 Å². The molecule has 0 aromatic heterocycles. The summed E-state index contributed by atoms with van der Waals surface area (Å²) in [6.45, 7) is 0.0742. The van der Waals surface area contributed by atoms with Crippen molar-refractivity contribution in [2.24, 2.45) is 5.73 Å². The van der Waals surface area contributed by atoms with E-state index in [0.717, 1.165) is 5.56 Å².